The zero-order valence-electron chi connectivity index (χ0n) is 13.8. The number of halogens is 2. The lowest BCUT2D eigenvalue weighted by atomic mass is 10.2. The number of carbonyl (C=O) groups is 1. The van der Waals surface area contributed by atoms with Crippen LogP contribution in [0, 0.1) is 0 Å². The van der Waals surface area contributed by atoms with Crippen molar-refractivity contribution < 1.29 is 9.53 Å². The average molecular weight is 375 g/mol. The number of hydrogen-bond acceptors (Lipinski definition) is 4. The number of para-hydroxylation sites is 2. The number of aromatic nitrogens is 2. The number of nitrogens with zero attached hydrogens (tertiary/aromatic N) is 2. The molecule has 6 nitrogen and oxygen atoms in total. The number of rotatable bonds is 4. The first-order valence-corrected chi connectivity index (χ1v) is 7.67. The second-order valence-corrected chi connectivity index (χ2v) is 5.74. The molecule has 24 heavy (non-hydrogen) atoms. The minimum Gasteiger partial charge on any atom is -0.378 e. The third-order valence-electron chi connectivity index (χ3n) is 4.02. The lowest BCUT2D eigenvalue weighted by Gasteiger charge is -2.24. The Bertz CT molecular complexity index is 671. The van der Waals surface area contributed by atoms with E-state index in [9.17, 15) is 4.79 Å². The maximum atomic E-state index is 12.2. The fourth-order valence-electron chi connectivity index (χ4n) is 2.89. The molecule has 1 aliphatic heterocycles. The van der Waals surface area contributed by atoms with Gasteiger partial charge in [0.05, 0.1) is 30.3 Å². The summed E-state index contributed by atoms with van der Waals surface area (Å²) in [6, 6.07) is 7.94. The van der Waals surface area contributed by atoms with Gasteiger partial charge in [0.1, 0.15) is 5.82 Å². The number of benzene rings is 1. The first-order valence-electron chi connectivity index (χ1n) is 7.67. The van der Waals surface area contributed by atoms with E-state index in [4.69, 9.17) is 4.74 Å². The van der Waals surface area contributed by atoms with Crippen molar-refractivity contribution in [3.63, 3.8) is 0 Å². The Morgan fingerprint density at radius 1 is 1.46 bits per heavy atom. The monoisotopic (exact) mass is 374 g/mol. The largest absolute Gasteiger partial charge is 0.378 e. The Labute approximate surface area is 154 Å². The number of fused-ring (bicyclic) bond motifs is 1. The molecule has 2 unspecified atom stereocenters. The van der Waals surface area contributed by atoms with E-state index in [1.807, 2.05) is 42.8 Å². The van der Waals surface area contributed by atoms with Gasteiger partial charge in [-0.2, -0.15) is 0 Å². The van der Waals surface area contributed by atoms with Crippen LogP contribution in [0.15, 0.2) is 24.3 Å². The van der Waals surface area contributed by atoms with E-state index in [1.54, 1.807) is 0 Å². The zero-order chi connectivity index (χ0) is 15.5. The highest BCUT2D eigenvalue weighted by atomic mass is 35.5. The summed E-state index contributed by atoms with van der Waals surface area (Å²) in [7, 11) is 1.98. The highest BCUT2D eigenvalue weighted by molar-refractivity contribution is 5.85. The van der Waals surface area contributed by atoms with E-state index in [2.05, 4.69) is 15.6 Å². The van der Waals surface area contributed by atoms with E-state index >= 15 is 0 Å². The summed E-state index contributed by atoms with van der Waals surface area (Å²) < 4.78 is 7.40. The molecule has 1 saturated heterocycles. The van der Waals surface area contributed by atoms with Crippen LogP contribution in [0.5, 0.6) is 0 Å². The van der Waals surface area contributed by atoms with Crippen LogP contribution in [0.1, 0.15) is 25.2 Å². The van der Waals surface area contributed by atoms with Gasteiger partial charge in [0.25, 0.3) is 0 Å². The van der Waals surface area contributed by atoms with Gasteiger partial charge in [-0.3, -0.25) is 4.79 Å². The quantitative estimate of drug-likeness (QED) is 0.858. The zero-order valence-corrected chi connectivity index (χ0v) is 15.5. The summed E-state index contributed by atoms with van der Waals surface area (Å²) in [5.74, 6) is 0.880. The van der Waals surface area contributed by atoms with Gasteiger partial charge < -0.3 is 19.9 Å². The van der Waals surface area contributed by atoms with Crippen LogP contribution in [-0.2, 0) is 16.6 Å². The van der Waals surface area contributed by atoms with Crippen molar-refractivity contribution in [2.24, 2.45) is 7.05 Å². The summed E-state index contributed by atoms with van der Waals surface area (Å²) in [5.41, 5.74) is 2.02. The Morgan fingerprint density at radius 3 is 2.88 bits per heavy atom. The molecule has 2 aromatic rings. The van der Waals surface area contributed by atoms with E-state index in [-0.39, 0.29) is 42.8 Å². The summed E-state index contributed by atoms with van der Waals surface area (Å²) >= 11 is 0. The normalized spacial score (nSPS) is 18.3. The number of nitrogens with one attached hydrogen (secondary N) is 2. The molecule has 3 rings (SSSR count). The molecule has 0 aliphatic carbocycles. The molecule has 2 N–H and O–H groups in total. The van der Waals surface area contributed by atoms with E-state index in [0.717, 1.165) is 23.4 Å². The maximum absolute atomic E-state index is 12.2. The second-order valence-electron chi connectivity index (χ2n) is 5.74. The first-order chi connectivity index (χ1) is 10.6. The van der Waals surface area contributed by atoms with E-state index in [1.165, 1.54) is 0 Å². The van der Waals surface area contributed by atoms with Gasteiger partial charge >= 0.3 is 0 Å². The lowest BCUT2D eigenvalue weighted by molar-refractivity contribution is -0.123. The number of morpholine rings is 1. The standard InChI is InChI=1S/C16H22N4O2.2ClH/c1-11(18-15(21)9-12-10-22-8-7-17-12)16-19-13-5-3-4-6-14(13)20(16)2;;/h3-6,11-12,17H,7-10H2,1-2H3,(H,18,21);2*1H. The lowest BCUT2D eigenvalue weighted by Crippen LogP contribution is -2.44. The Hall–Kier alpha value is -1.34. The number of hydrogen-bond donors (Lipinski definition) is 2. The van der Waals surface area contributed by atoms with Crippen molar-refractivity contribution >= 4 is 41.8 Å². The van der Waals surface area contributed by atoms with Gasteiger partial charge in [-0.1, -0.05) is 12.1 Å². The summed E-state index contributed by atoms with van der Waals surface area (Å²) in [5, 5.41) is 6.32. The predicted molar refractivity (Wildman–Crippen MR) is 99.0 cm³/mol. The van der Waals surface area contributed by atoms with Crippen molar-refractivity contribution in [1.29, 1.82) is 0 Å². The summed E-state index contributed by atoms with van der Waals surface area (Å²) in [6.45, 7) is 4.07. The van der Waals surface area contributed by atoms with Crippen molar-refractivity contribution in [2.75, 3.05) is 19.8 Å². The Kier molecular flexibility index (Phi) is 7.96. The van der Waals surface area contributed by atoms with E-state index < -0.39 is 0 Å². The highest BCUT2D eigenvalue weighted by Gasteiger charge is 2.20. The van der Waals surface area contributed by atoms with Crippen LogP contribution in [-0.4, -0.2) is 41.3 Å². The van der Waals surface area contributed by atoms with Crippen molar-refractivity contribution in [3.05, 3.63) is 30.1 Å². The topological polar surface area (TPSA) is 68.2 Å². The van der Waals surface area contributed by atoms with E-state index in [0.29, 0.717) is 19.6 Å². The van der Waals surface area contributed by atoms with Gasteiger partial charge in [-0.05, 0) is 19.1 Å². The van der Waals surface area contributed by atoms with Gasteiger partial charge in [0.15, 0.2) is 0 Å². The minimum atomic E-state index is -0.130. The molecular weight excluding hydrogens is 351 g/mol. The number of carbonyl (C=O) groups excluding carboxylic acids is 1. The molecule has 134 valence electrons. The molecule has 8 heteroatoms. The fourth-order valence-corrected chi connectivity index (χ4v) is 2.89. The van der Waals surface area contributed by atoms with Crippen molar-refractivity contribution in [1.82, 2.24) is 20.2 Å². The molecule has 1 fully saturated rings. The van der Waals surface area contributed by atoms with Crippen molar-refractivity contribution in [2.45, 2.75) is 25.4 Å². The molecular formula is C16H24Cl2N4O2. The fraction of sp³-hybridized carbons (Fsp3) is 0.500. The molecule has 1 aliphatic rings. The summed E-state index contributed by atoms with van der Waals surface area (Å²) in [6.07, 6.45) is 0.425. The molecule has 1 aromatic carbocycles. The second kappa shape index (κ2) is 9.22. The van der Waals surface area contributed by atoms with Gasteiger partial charge in [0, 0.05) is 26.1 Å². The third kappa shape index (κ3) is 4.60. The summed E-state index contributed by atoms with van der Waals surface area (Å²) in [4.78, 5) is 16.8. The molecule has 0 saturated carbocycles. The van der Waals surface area contributed by atoms with Crippen LogP contribution < -0.4 is 10.6 Å². The van der Waals surface area contributed by atoms with Gasteiger partial charge in [-0.15, -0.1) is 24.8 Å². The molecule has 1 aromatic heterocycles. The number of ether oxygens (including phenoxy) is 1. The maximum Gasteiger partial charge on any atom is 0.222 e. The van der Waals surface area contributed by atoms with Crippen LogP contribution in [0.3, 0.4) is 0 Å². The minimum absolute atomic E-state index is 0. The van der Waals surface area contributed by atoms with Crippen molar-refractivity contribution in [3.8, 4) is 0 Å². The third-order valence-corrected chi connectivity index (χ3v) is 4.02. The number of aryl methyl sites for hydroxylation is 1. The molecule has 0 bridgehead atoms. The Balaban J connectivity index is 0.00000144. The van der Waals surface area contributed by atoms with Gasteiger partial charge in [-0.25, -0.2) is 4.98 Å². The van der Waals surface area contributed by atoms with Crippen LogP contribution in [0.25, 0.3) is 11.0 Å². The first kappa shape index (κ1) is 20.7. The van der Waals surface area contributed by atoms with Crippen LogP contribution >= 0.6 is 24.8 Å². The molecule has 2 atom stereocenters. The van der Waals surface area contributed by atoms with Crippen LogP contribution in [0.2, 0.25) is 0 Å². The molecule has 2 heterocycles. The highest BCUT2D eigenvalue weighted by Crippen LogP contribution is 2.19. The number of amides is 1. The predicted octanol–water partition coefficient (Wildman–Crippen LogP) is 1.97. The molecule has 0 radical (unpaired) electrons. The molecule has 0 spiro atoms. The number of imidazole rings is 1. The van der Waals surface area contributed by atoms with Gasteiger partial charge in [0.2, 0.25) is 5.91 Å². The SMILES string of the molecule is CC(NC(=O)CC1COCCN1)c1nc2ccccc2n1C.Cl.Cl. The Morgan fingerprint density at radius 2 is 2.21 bits per heavy atom. The van der Waals surface area contributed by atoms with Crippen LogP contribution in [0.4, 0.5) is 0 Å². The average Bonchev–Trinajstić information content (AvgIpc) is 2.86. The molecule has 1 amide bonds. The smallest absolute Gasteiger partial charge is 0.222 e.